The molecule has 1 nitrogen and oxygen atoms in total. The van der Waals surface area contributed by atoms with Gasteiger partial charge in [-0.2, -0.15) is 0 Å². The summed E-state index contributed by atoms with van der Waals surface area (Å²) >= 11 is 1.93. The van der Waals surface area contributed by atoms with Crippen LogP contribution in [0.3, 0.4) is 0 Å². The Morgan fingerprint density at radius 1 is 0.383 bits per heavy atom. The highest BCUT2D eigenvalue weighted by Gasteiger charge is 2.56. The highest BCUT2D eigenvalue weighted by Crippen LogP contribution is 2.51. The molecule has 4 heteroatoms. The fourth-order valence-corrected chi connectivity index (χ4v) is 10.7. The second-order valence-corrected chi connectivity index (χ2v) is 14.2. The van der Waals surface area contributed by atoms with Crippen LogP contribution in [0.1, 0.15) is 22.3 Å². The quantitative estimate of drug-likeness (QED) is 0.211. The first-order valence-electron chi connectivity index (χ1n) is 16.5. The molecule has 1 atom stereocenters. The monoisotopic (exact) mass is 611 g/mol. The van der Waals surface area contributed by atoms with Crippen molar-refractivity contribution >= 4 is 75.0 Å². The summed E-state index contributed by atoms with van der Waals surface area (Å²) in [5.41, 5.74) is 17.4. The Kier molecular flexibility index (Phi) is 5.21. The van der Waals surface area contributed by atoms with Crippen LogP contribution in [0, 0.1) is 0 Å². The lowest BCUT2D eigenvalue weighted by atomic mass is 9.25. The maximum absolute atomic E-state index is 2.50. The Morgan fingerprint density at radius 3 is 1.66 bits per heavy atom. The molecule has 7 aromatic rings. The molecule has 1 unspecified atom stereocenters. The predicted octanol–water partition coefficient (Wildman–Crippen LogP) is 5.98. The molecule has 4 aliphatic rings. The maximum Gasteiger partial charge on any atom is 0.247 e. The summed E-state index contributed by atoms with van der Waals surface area (Å²) in [7, 11) is 0. The summed E-state index contributed by atoms with van der Waals surface area (Å²) < 4.78 is 0. The van der Waals surface area contributed by atoms with Gasteiger partial charge in [-0.25, -0.2) is 0 Å². The van der Waals surface area contributed by atoms with Gasteiger partial charge in [0.15, 0.2) is 0 Å². The van der Waals surface area contributed by atoms with Crippen LogP contribution in [0.15, 0.2) is 174 Å². The van der Waals surface area contributed by atoms with Gasteiger partial charge >= 0.3 is 0 Å². The Morgan fingerprint density at radius 2 is 0.894 bits per heavy atom. The number of hydrogen-bond acceptors (Lipinski definition) is 2. The number of benzene rings is 7. The molecule has 7 aromatic carbocycles. The smallest absolute Gasteiger partial charge is 0.247 e. The van der Waals surface area contributed by atoms with Gasteiger partial charge in [0.2, 0.25) is 13.4 Å². The Balaban J connectivity index is 1.31. The van der Waals surface area contributed by atoms with Gasteiger partial charge in [0, 0.05) is 26.9 Å². The normalized spacial score (nSPS) is 17.2. The molecule has 1 spiro atoms. The summed E-state index contributed by atoms with van der Waals surface area (Å²) in [6.45, 7) is 0.338. The van der Waals surface area contributed by atoms with Gasteiger partial charge in [0.25, 0.3) is 0 Å². The van der Waals surface area contributed by atoms with E-state index in [1.54, 1.807) is 0 Å². The highest BCUT2D eigenvalue weighted by molar-refractivity contribution is 8.00. The topological polar surface area (TPSA) is 3.24 Å². The molecule has 216 valence electrons. The molecule has 0 amide bonds. The van der Waals surface area contributed by atoms with Crippen molar-refractivity contribution in [2.24, 2.45) is 0 Å². The van der Waals surface area contributed by atoms with Crippen LogP contribution in [0.5, 0.6) is 0 Å². The molecule has 0 saturated heterocycles. The molecule has 47 heavy (non-hydrogen) atoms. The molecule has 0 aromatic heterocycles. The Bertz CT molecular complexity index is 2430. The van der Waals surface area contributed by atoms with E-state index in [0.29, 0.717) is 0 Å². The molecule has 0 bridgehead atoms. The first kappa shape index (κ1) is 25.9. The van der Waals surface area contributed by atoms with Gasteiger partial charge in [-0.3, -0.25) is 0 Å². The largest absolute Gasteiger partial charge is 0.312 e. The average molecular weight is 611 g/mol. The molecule has 4 heterocycles. The molecule has 11 rings (SSSR count). The fraction of sp³-hybridized carbons (Fsp3) is 0.0233. The Labute approximate surface area is 280 Å². The van der Waals surface area contributed by atoms with Crippen LogP contribution in [0.25, 0.3) is 0 Å². The molecule has 0 N–H and O–H groups in total. The van der Waals surface area contributed by atoms with Crippen molar-refractivity contribution in [2.45, 2.75) is 15.2 Å². The fourth-order valence-electron chi connectivity index (χ4n) is 9.49. The first-order chi connectivity index (χ1) is 23.4. The number of rotatable bonds is 1. The summed E-state index contributed by atoms with van der Waals surface area (Å²) in [5, 5.41) is 0. The number of fused-ring (bicyclic) bond motifs is 12. The van der Waals surface area contributed by atoms with Gasteiger partial charge in [-0.15, -0.1) is 0 Å². The van der Waals surface area contributed by atoms with Gasteiger partial charge in [-0.05, 0) is 69.6 Å². The third kappa shape index (κ3) is 3.19. The number of para-hydroxylation sites is 2. The van der Waals surface area contributed by atoms with E-state index in [-0.39, 0.29) is 13.4 Å². The van der Waals surface area contributed by atoms with E-state index in [9.17, 15) is 0 Å². The van der Waals surface area contributed by atoms with Crippen molar-refractivity contribution in [3.05, 3.63) is 186 Å². The number of hydrogen-bond donors (Lipinski definition) is 0. The van der Waals surface area contributed by atoms with Gasteiger partial charge in [-0.1, -0.05) is 161 Å². The lowest BCUT2D eigenvalue weighted by molar-refractivity contribution is 0.754. The third-order valence-electron chi connectivity index (χ3n) is 11.1. The molecule has 0 saturated carbocycles. The summed E-state index contributed by atoms with van der Waals surface area (Å²) in [4.78, 5) is 5.24. The minimum Gasteiger partial charge on any atom is -0.312 e. The van der Waals surface area contributed by atoms with E-state index in [2.05, 4.69) is 169 Å². The lowest BCUT2D eigenvalue weighted by Gasteiger charge is -2.52. The minimum absolute atomic E-state index is 0.138. The third-order valence-corrected chi connectivity index (χ3v) is 12.2. The van der Waals surface area contributed by atoms with Crippen molar-refractivity contribution in [1.29, 1.82) is 0 Å². The second-order valence-electron chi connectivity index (χ2n) is 13.1. The summed E-state index contributed by atoms with van der Waals surface area (Å²) in [6.07, 6.45) is 0. The standard InChI is InChI=1S/C43H27B2NS/c1-2-14-28(15-3-1)46-37-24-10-8-22-35(37)44-33-20-6-4-16-29(33)43(31-18-12-25-38(46)41(31)44)30-17-5-7-21-34(30)45-36-23-9-11-26-39(36)47-40-27-13-19-32(43)42(40)45/h1-27H. The van der Waals surface area contributed by atoms with E-state index < -0.39 is 5.41 Å². The zero-order chi connectivity index (χ0) is 30.7. The molecule has 0 fully saturated rings. The lowest BCUT2D eigenvalue weighted by Crippen LogP contribution is -2.70. The van der Waals surface area contributed by atoms with Crippen molar-refractivity contribution in [2.75, 3.05) is 4.90 Å². The van der Waals surface area contributed by atoms with Crippen LogP contribution in [-0.4, -0.2) is 13.4 Å². The van der Waals surface area contributed by atoms with Gasteiger partial charge < -0.3 is 4.90 Å². The van der Waals surface area contributed by atoms with Crippen molar-refractivity contribution < 1.29 is 0 Å². The van der Waals surface area contributed by atoms with E-state index in [0.717, 1.165) is 0 Å². The number of anilines is 3. The maximum atomic E-state index is 2.50. The average Bonchev–Trinajstić information content (AvgIpc) is 3.14. The zero-order valence-electron chi connectivity index (χ0n) is 25.6. The highest BCUT2D eigenvalue weighted by atomic mass is 32.2. The molecular weight excluding hydrogens is 584 g/mol. The SMILES string of the molecule is c1ccc(N2c3ccccc3B3c4ccccc4C4(c5ccccc5B5c6ccccc6Sc6cccc4c65)c4cccc2c43)cc1. The van der Waals surface area contributed by atoms with Crippen molar-refractivity contribution in [3.63, 3.8) is 0 Å². The van der Waals surface area contributed by atoms with Crippen LogP contribution in [0.4, 0.5) is 17.1 Å². The van der Waals surface area contributed by atoms with Crippen LogP contribution in [0.2, 0.25) is 0 Å². The van der Waals surface area contributed by atoms with E-state index in [4.69, 9.17) is 0 Å². The van der Waals surface area contributed by atoms with E-state index in [1.165, 1.54) is 81.9 Å². The number of nitrogens with zero attached hydrogens (tertiary/aromatic N) is 1. The predicted molar refractivity (Wildman–Crippen MR) is 199 cm³/mol. The van der Waals surface area contributed by atoms with E-state index in [1.807, 2.05) is 11.8 Å². The summed E-state index contributed by atoms with van der Waals surface area (Å²) in [5.74, 6) is 0. The second kappa shape index (κ2) is 9.44. The van der Waals surface area contributed by atoms with Gasteiger partial charge in [0.05, 0.1) is 5.41 Å². The summed E-state index contributed by atoms with van der Waals surface area (Å²) in [6, 6.07) is 61.9. The molecule has 0 aliphatic carbocycles. The van der Waals surface area contributed by atoms with Crippen LogP contribution in [-0.2, 0) is 5.41 Å². The van der Waals surface area contributed by atoms with Crippen molar-refractivity contribution in [1.82, 2.24) is 0 Å². The molecular formula is C43H27B2NS. The van der Waals surface area contributed by atoms with Crippen LogP contribution >= 0.6 is 11.8 Å². The molecule has 4 aliphatic heterocycles. The van der Waals surface area contributed by atoms with Crippen molar-refractivity contribution in [3.8, 4) is 0 Å². The Hall–Kier alpha value is -5.18. The van der Waals surface area contributed by atoms with E-state index >= 15 is 0 Å². The zero-order valence-corrected chi connectivity index (χ0v) is 26.4. The minimum atomic E-state index is -0.460. The molecule has 0 radical (unpaired) electrons. The van der Waals surface area contributed by atoms with Crippen LogP contribution < -0.4 is 37.7 Å². The first-order valence-corrected chi connectivity index (χ1v) is 17.3. The van der Waals surface area contributed by atoms with Gasteiger partial charge in [0.1, 0.15) is 0 Å².